The van der Waals surface area contributed by atoms with E-state index in [4.69, 9.17) is 4.74 Å². The lowest BCUT2D eigenvalue weighted by atomic mass is 10.2. The van der Waals surface area contributed by atoms with E-state index in [2.05, 4.69) is 40.9 Å². The van der Waals surface area contributed by atoms with Crippen molar-refractivity contribution in [3.8, 4) is 5.75 Å². The second-order valence-electron chi connectivity index (χ2n) is 5.57. The second-order valence-corrected chi connectivity index (χ2v) is 12.1. The Kier molecular flexibility index (Phi) is 5.87. The molecule has 0 spiro atoms. The van der Waals surface area contributed by atoms with Gasteiger partial charge in [0.15, 0.2) is 0 Å². The summed E-state index contributed by atoms with van der Waals surface area (Å²) in [5.74, 6) is 0.150. The average molecular weight is 346 g/mol. The number of aromatic hydroxyl groups is 1. The molecule has 0 atom stereocenters. The number of alkyl carbamates (subject to hydrolysis) is 1. The summed E-state index contributed by atoms with van der Waals surface area (Å²) in [6, 6.07) is 6.10. The van der Waals surface area contributed by atoms with Crippen molar-refractivity contribution in [3.05, 3.63) is 28.2 Å². The molecule has 0 saturated carbocycles. The van der Waals surface area contributed by atoms with Gasteiger partial charge in [0.2, 0.25) is 0 Å². The summed E-state index contributed by atoms with van der Waals surface area (Å²) in [7, 11) is -1.18. The number of amides is 1. The summed E-state index contributed by atoms with van der Waals surface area (Å²) in [5, 5.41) is 12.3. The lowest BCUT2D eigenvalue weighted by Crippen LogP contribution is -2.27. The van der Waals surface area contributed by atoms with E-state index in [1.165, 1.54) is 0 Å². The van der Waals surface area contributed by atoms with Gasteiger partial charge in [-0.25, -0.2) is 4.79 Å². The molecule has 19 heavy (non-hydrogen) atoms. The Morgan fingerprint density at radius 2 is 2.11 bits per heavy atom. The number of hydrogen-bond acceptors (Lipinski definition) is 3. The molecular weight excluding hydrogens is 326 g/mol. The van der Waals surface area contributed by atoms with Crippen LogP contribution in [0.15, 0.2) is 22.7 Å². The van der Waals surface area contributed by atoms with Crippen molar-refractivity contribution in [1.82, 2.24) is 5.32 Å². The van der Waals surface area contributed by atoms with Gasteiger partial charge in [-0.05, 0) is 18.2 Å². The quantitative estimate of drug-likeness (QED) is 0.799. The molecule has 0 fully saturated rings. The number of halogens is 1. The molecule has 0 bridgehead atoms. The Morgan fingerprint density at radius 1 is 1.42 bits per heavy atom. The van der Waals surface area contributed by atoms with Crippen LogP contribution in [0.25, 0.3) is 0 Å². The van der Waals surface area contributed by atoms with Crippen molar-refractivity contribution in [2.75, 3.05) is 6.61 Å². The van der Waals surface area contributed by atoms with Gasteiger partial charge in [-0.2, -0.15) is 0 Å². The minimum absolute atomic E-state index is 0.150. The number of benzene rings is 1. The van der Waals surface area contributed by atoms with Gasteiger partial charge in [0, 0.05) is 24.7 Å². The summed E-state index contributed by atoms with van der Waals surface area (Å²) < 4.78 is 5.89. The van der Waals surface area contributed by atoms with Crippen molar-refractivity contribution in [2.24, 2.45) is 0 Å². The van der Waals surface area contributed by atoms with Gasteiger partial charge in [-0.15, -0.1) is 0 Å². The van der Waals surface area contributed by atoms with Crippen LogP contribution >= 0.6 is 15.9 Å². The Balaban J connectivity index is 2.34. The van der Waals surface area contributed by atoms with Crippen molar-refractivity contribution in [2.45, 2.75) is 32.2 Å². The SMILES string of the molecule is C[Si](C)(C)CCOC(=O)NCc1ccc(Br)cc1O. The van der Waals surface area contributed by atoms with E-state index in [-0.39, 0.29) is 12.3 Å². The number of nitrogens with one attached hydrogen (secondary N) is 1. The summed E-state index contributed by atoms with van der Waals surface area (Å²) in [4.78, 5) is 11.5. The molecule has 0 heterocycles. The van der Waals surface area contributed by atoms with Gasteiger partial charge < -0.3 is 15.2 Å². The van der Waals surface area contributed by atoms with Gasteiger partial charge >= 0.3 is 6.09 Å². The third-order valence-electron chi connectivity index (χ3n) is 2.56. The molecule has 0 radical (unpaired) electrons. The monoisotopic (exact) mass is 345 g/mol. The number of rotatable bonds is 5. The zero-order valence-corrected chi connectivity index (χ0v) is 14.1. The van der Waals surface area contributed by atoms with Crippen LogP contribution in [0.2, 0.25) is 25.7 Å². The first-order chi connectivity index (χ1) is 8.78. The highest BCUT2D eigenvalue weighted by Crippen LogP contribution is 2.21. The van der Waals surface area contributed by atoms with Crippen molar-refractivity contribution >= 4 is 30.1 Å². The standard InChI is InChI=1S/C13H20BrNO3Si/c1-19(2,3)7-6-18-13(17)15-9-10-4-5-11(14)8-12(10)16/h4-5,8,16H,6-7,9H2,1-3H3,(H,15,17). The first kappa shape index (κ1) is 16.0. The minimum Gasteiger partial charge on any atom is -0.508 e. The summed E-state index contributed by atoms with van der Waals surface area (Å²) in [6.45, 7) is 7.40. The van der Waals surface area contributed by atoms with E-state index in [1.807, 2.05) is 6.07 Å². The minimum atomic E-state index is -1.18. The fourth-order valence-corrected chi connectivity index (χ4v) is 2.42. The fourth-order valence-electron chi connectivity index (χ4n) is 1.35. The Morgan fingerprint density at radius 3 is 2.68 bits per heavy atom. The molecule has 106 valence electrons. The highest BCUT2D eigenvalue weighted by Gasteiger charge is 2.13. The largest absolute Gasteiger partial charge is 0.508 e. The average Bonchev–Trinajstić information content (AvgIpc) is 2.26. The lowest BCUT2D eigenvalue weighted by Gasteiger charge is -2.15. The summed E-state index contributed by atoms with van der Waals surface area (Å²) >= 11 is 3.26. The van der Waals surface area contributed by atoms with Crippen LogP contribution in [0.5, 0.6) is 5.75 Å². The number of carbonyl (C=O) groups is 1. The highest BCUT2D eigenvalue weighted by atomic mass is 79.9. The molecule has 1 rings (SSSR count). The number of phenolic OH excluding ortho intramolecular Hbond substituents is 1. The first-order valence-electron chi connectivity index (χ1n) is 6.16. The molecule has 4 nitrogen and oxygen atoms in total. The number of phenols is 1. The molecule has 0 unspecified atom stereocenters. The summed E-state index contributed by atoms with van der Waals surface area (Å²) in [6.07, 6.45) is -0.444. The predicted molar refractivity (Wildman–Crippen MR) is 82.1 cm³/mol. The van der Waals surface area contributed by atoms with Crippen molar-refractivity contribution in [1.29, 1.82) is 0 Å². The van der Waals surface area contributed by atoms with Gasteiger partial charge in [0.25, 0.3) is 0 Å². The van der Waals surface area contributed by atoms with Crippen molar-refractivity contribution in [3.63, 3.8) is 0 Å². The zero-order valence-electron chi connectivity index (χ0n) is 11.5. The highest BCUT2D eigenvalue weighted by molar-refractivity contribution is 9.10. The third kappa shape index (κ3) is 6.63. The maximum absolute atomic E-state index is 11.5. The van der Waals surface area contributed by atoms with E-state index in [1.54, 1.807) is 12.1 Å². The molecular formula is C13H20BrNO3Si. The maximum atomic E-state index is 11.5. The van der Waals surface area contributed by atoms with Crippen LogP contribution in [0.1, 0.15) is 5.56 Å². The fraction of sp³-hybridized carbons (Fsp3) is 0.462. The Hall–Kier alpha value is -1.01. The van der Waals surface area contributed by atoms with E-state index in [0.29, 0.717) is 12.2 Å². The van der Waals surface area contributed by atoms with Crippen LogP contribution in [0, 0.1) is 0 Å². The molecule has 1 amide bonds. The van der Waals surface area contributed by atoms with Gasteiger partial charge in [0.05, 0.1) is 6.61 Å². The maximum Gasteiger partial charge on any atom is 0.407 e. The Labute approximate surface area is 123 Å². The molecule has 0 aliphatic rings. The van der Waals surface area contributed by atoms with Crippen LogP contribution in [0.4, 0.5) is 4.79 Å². The predicted octanol–water partition coefficient (Wildman–Crippen LogP) is 3.72. The normalized spacial score (nSPS) is 11.2. The van der Waals surface area contributed by atoms with E-state index in [9.17, 15) is 9.90 Å². The van der Waals surface area contributed by atoms with Crippen molar-refractivity contribution < 1.29 is 14.6 Å². The van der Waals surface area contributed by atoms with Gasteiger partial charge in [-0.3, -0.25) is 0 Å². The topological polar surface area (TPSA) is 58.6 Å². The molecule has 0 aliphatic heterocycles. The zero-order chi connectivity index (χ0) is 14.5. The first-order valence-corrected chi connectivity index (χ1v) is 10.7. The smallest absolute Gasteiger partial charge is 0.407 e. The molecule has 1 aromatic rings. The molecule has 0 saturated heterocycles. The van der Waals surface area contributed by atoms with E-state index < -0.39 is 14.2 Å². The number of hydrogen-bond donors (Lipinski definition) is 2. The third-order valence-corrected chi connectivity index (χ3v) is 4.75. The van der Waals surface area contributed by atoms with Gasteiger partial charge in [-0.1, -0.05) is 41.6 Å². The number of carbonyl (C=O) groups excluding carboxylic acids is 1. The van der Waals surface area contributed by atoms with E-state index >= 15 is 0 Å². The molecule has 1 aromatic carbocycles. The lowest BCUT2D eigenvalue weighted by molar-refractivity contribution is 0.151. The van der Waals surface area contributed by atoms with Crippen LogP contribution < -0.4 is 5.32 Å². The second kappa shape index (κ2) is 6.95. The molecule has 6 heteroatoms. The summed E-state index contributed by atoms with van der Waals surface area (Å²) in [5.41, 5.74) is 0.658. The molecule has 0 aromatic heterocycles. The van der Waals surface area contributed by atoms with Gasteiger partial charge in [0.1, 0.15) is 5.75 Å². The van der Waals surface area contributed by atoms with Crippen LogP contribution in [-0.2, 0) is 11.3 Å². The van der Waals surface area contributed by atoms with E-state index in [0.717, 1.165) is 10.5 Å². The molecule has 2 N–H and O–H groups in total. The number of ether oxygens (including phenoxy) is 1. The Bertz CT molecular complexity index is 446. The van der Waals surface area contributed by atoms with Crippen LogP contribution in [-0.4, -0.2) is 25.9 Å². The van der Waals surface area contributed by atoms with Crippen LogP contribution in [0.3, 0.4) is 0 Å². The molecule has 0 aliphatic carbocycles.